The number of nitrogens with one attached hydrogen (secondary N) is 1. The van der Waals surface area contributed by atoms with E-state index in [2.05, 4.69) is 11.4 Å². The molecule has 1 aromatic rings. The average molecular weight is 176 g/mol. The predicted molar refractivity (Wildman–Crippen MR) is 47.9 cm³/mol. The zero-order chi connectivity index (χ0) is 9.26. The fourth-order valence-electron chi connectivity index (χ4n) is 1.67. The summed E-state index contributed by atoms with van der Waals surface area (Å²) in [5.74, 6) is -0.00976. The number of nitrogens with zero attached hydrogens (tertiary/aromatic N) is 1. The summed E-state index contributed by atoms with van der Waals surface area (Å²) in [7, 11) is 0. The van der Waals surface area contributed by atoms with Crippen molar-refractivity contribution in [1.29, 1.82) is 5.26 Å². The van der Waals surface area contributed by atoms with Crippen LogP contribution in [0.4, 0.5) is 10.1 Å². The molecule has 0 amide bonds. The third-order valence-electron chi connectivity index (χ3n) is 2.33. The summed E-state index contributed by atoms with van der Waals surface area (Å²) in [6.07, 6.45) is 0.492. The van der Waals surface area contributed by atoms with Crippen molar-refractivity contribution in [2.75, 3.05) is 11.9 Å². The standard InChI is InChI=1S/C10H9FN2/c11-8-1-2-9-7(3-4-12)6-13-10(9)5-8/h1-2,5,7,13H,3,6H2. The average Bonchev–Trinajstić information content (AvgIpc) is 2.49. The van der Waals surface area contributed by atoms with Gasteiger partial charge in [0.2, 0.25) is 0 Å². The van der Waals surface area contributed by atoms with Gasteiger partial charge in [-0.05, 0) is 17.7 Å². The largest absolute Gasteiger partial charge is 0.384 e. The molecular formula is C10H9FN2. The van der Waals surface area contributed by atoms with E-state index in [9.17, 15) is 4.39 Å². The van der Waals surface area contributed by atoms with Gasteiger partial charge in [-0.15, -0.1) is 0 Å². The Morgan fingerprint density at radius 3 is 3.23 bits per heavy atom. The second-order valence-corrected chi connectivity index (χ2v) is 3.17. The van der Waals surface area contributed by atoms with Crippen molar-refractivity contribution in [3.63, 3.8) is 0 Å². The van der Waals surface area contributed by atoms with Crippen LogP contribution in [0.5, 0.6) is 0 Å². The summed E-state index contributed by atoms with van der Waals surface area (Å²) < 4.78 is 12.8. The van der Waals surface area contributed by atoms with Gasteiger partial charge < -0.3 is 5.32 Å². The van der Waals surface area contributed by atoms with Crippen LogP contribution in [-0.4, -0.2) is 6.54 Å². The summed E-state index contributed by atoms with van der Waals surface area (Å²) in [6, 6.07) is 6.81. The molecule has 0 fully saturated rings. The van der Waals surface area contributed by atoms with E-state index < -0.39 is 0 Å². The van der Waals surface area contributed by atoms with Gasteiger partial charge in [0.15, 0.2) is 0 Å². The summed E-state index contributed by atoms with van der Waals surface area (Å²) in [5, 5.41) is 11.6. The number of fused-ring (bicyclic) bond motifs is 1. The van der Waals surface area contributed by atoms with Gasteiger partial charge in [0.1, 0.15) is 5.82 Å². The maximum atomic E-state index is 12.8. The first kappa shape index (κ1) is 8.06. The van der Waals surface area contributed by atoms with Crippen LogP contribution < -0.4 is 5.32 Å². The molecule has 0 aliphatic carbocycles. The molecule has 0 spiro atoms. The highest BCUT2D eigenvalue weighted by Gasteiger charge is 2.21. The van der Waals surface area contributed by atoms with Gasteiger partial charge in [-0.1, -0.05) is 6.07 Å². The number of nitriles is 1. The summed E-state index contributed by atoms with van der Waals surface area (Å²) >= 11 is 0. The van der Waals surface area contributed by atoms with E-state index in [1.165, 1.54) is 12.1 Å². The molecule has 0 saturated carbocycles. The van der Waals surface area contributed by atoms with E-state index in [0.717, 1.165) is 17.8 Å². The Bertz CT molecular complexity index is 368. The van der Waals surface area contributed by atoms with Crippen LogP contribution >= 0.6 is 0 Å². The van der Waals surface area contributed by atoms with Crippen LogP contribution in [0, 0.1) is 17.1 Å². The molecule has 13 heavy (non-hydrogen) atoms. The molecule has 0 bridgehead atoms. The smallest absolute Gasteiger partial charge is 0.125 e. The molecule has 1 aromatic carbocycles. The second-order valence-electron chi connectivity index (χ2n) is 3.17. The van der Waals surface area contributed by atoms with E-state index in [-0.39, 0.29) is 11.7 Å². The maximum absolute atomic E-state index is 12.8. The molecule has 1 heterocycles. The highest BCUT2D eigenvalue weighted by Crippen LogP contribution is 2.33. The van der Waals surface area contributed by atoms with Gasteiger partial charge >= 0.3 is 0 Å². The molecular weight excluding hydrogens is 167 g/mol. The Balaban J connectivity index is 2.34. The van der Waals surface area contributed by atoms with Crippen molar-refractivity contribution in [3.05, 3.63) is 29.6 Å². The Hall–Kier alpha value is -1.56. The Kier molecular flexibility index (Phi) is 1.90. The normalized spacial score (nSPS) is 18.9. The molecule has 1 aliphatic rings. The number of hydrogen-bond donors (Lipinski definition) is 1. The van der Waals surface area contributed by atoms with Crippen LogP contribution in [0.25, 0.3) is 0 Å². The summed E-state index contributed by atoms with van der Waals surface area (Å²) in [4.78, 5) is 0. The Morgan fingerprint density at radius 2 is 2.46 bits per heavy atom. The van der Waals surface area contributed by atoms with Gasteiger partial charge in [0, 0.05) is 24.6 Å². The van der Waals surface area contributed by atoms with Crippen molar-refractivity contribution >= 4 is 5.69 Å². The number of hydrogen-bond acceptors (Lipinski definition) is 2. The van der Waals surface area contributed by atoms with Gasteiger partial charge in [0.05, 0.1) is 6.07 Å². The van der Waals surface area contributed by atoms with E-state index >= 15 is 0 Å². The fraction of sp³-hybridized carbons (Fsp3) is 0.300. The Labute approximate surface area is 76.0 Å². The Morgan fingerprint density at radius 1 is 1.62 bits per heavy atom. The van der Waals surface area contributed by atoms with Crippen molar-refractivity contribution in [2.45, 2.75) is 12.3 Å². The molecule has 1 aliphatic heterocycles. The van der Waals surface area contributed by atoms with Crippen molar-refractivity contribution in [3.8, 4) is 6.07 Å². The third kappa shape index (κ3) is 1.35. The SMILES string of the molecule is N#CCC1CNc2cc(F)ccc21. The number of rotatable bonds is 1. The third-order valence-corrected chi connectivity index (χ3v) is 2.33. The van der Waals surface area contributed by atoms with E-state index in [1.54, 1.807) is 6.07 Å². The van der Waals surface area contributed by atoms with Gasteiger partial charge in [-0.25, -0.2) is 4.39 Å². The zero-order valence-corrected chi connectivity index (χ0v) is 7.05. The molecule has 66 valence electrons. The van der Waals surface area contributed by atoms with Crippen molar-refractivity contribution in [2.24, 2.45) is 0 Å². The molecule has 3 heteroatoms. The lowest BCUT2D eigenvalue weighted by Gasteiger charge is -2.03. The zero-order valence-electron chi connectivity index (χ0n) is 7.05. The van der Waals surface area contributed by atoms with Gasteiger partial charge in [0.25, 0.3) is 0 Å². The first-order valence-electron chi connectivity index (χ1n) is 4.21. The van der Waals surface area contributed by atoms with E-state index in [4.69, 9.17) is 5.26 Å². The van der Waals surface area contributed by atoms with E-state index in [1.807, 2.05) is 0 Å². The maximum Gasteiger partial charge on any atom is 0.125 e. The summed E-state index contributed by atoms with van der Waals surface area (Å²) in [6.45, 7) is 0.742. The van der Waals surface area contributed by atoms with Crippen molar-refractivity contribution < 1.29 is 4.39 Å². The van der Waals surface area contributed by atoms with Crippen LogP contribution in [0.2, 0.25) is 0 Å². The quantitative estimate of drug-likeness (QED) is 0.712. The first-order chi connectivity index (χ1) is 6.31. The number of halogens is 1. The molecule has 2 rings (SSSR count). The summed E-state index contributed by atoms with van der Waals surface area (Å²) in [5.41, 5.74) is 1.89. The minimum atomic E-state index is -0.233. The van der Waals surface area contributed by atoms with Crippen LogP contribution in [0.3, 0.4) is 0 Å². The number of anilines is 1. The van der Waals surface area contributed by atoms with Crippen molar-refractivity contribution in [1.82, 2.24) is 0 Å². The lowest BCUT2D eigenvalue weighted by Crippen LogP contribution is -2.00. The van der Waals surface area contributed by atoms with Crippen LogP contribution in [0.15, 0.2) is 18.2 Å². The molecule has 1 atom stereocenters. The number of benzene rings is 1. The highest BCUT2D eigenvalue weighted by atomic mass is 19.1. The second kappa shape index (κ2) is 3.06. The first-order valence-corrected chi connectivity index (χ1v) is 4.21. The van der Waals surface area contributed by atoms with Gasteiger partial charge in [-0.3, -0.25) is 0 Å². The molecule has 1 unspecified atom stereocenters. The molecule has 1 N–H and O–H groups in total. The minimum absolute atomic E-state index is 0.223. The predicted octanol–water partition coefficient (Wildman–Crippen LogP) is 2.25. The highest BCUT2D eigenvalue weighted by molar-refractivity contribution is 5.58. The lowest BCUT2D eigenvalue weighted by molar-refractivity contribution is 0.628. The van der Waals surface area contributed by atoms with E-state index in [0.29, 0.717) is 6.42 Å². The molecule has 2 nitrogen and oxygen atoms in total. The molecule has 0 radical (unpaired) electrons. The topological polar surface area (TPSA) is 35.8 Å². The lowest BCUT2D eigenvalue weighted by atomic mass is 9.99. The minimum Gasteiger partial charge on any atom is -0.384 e. The monoisotopic (exact) mass is 176 g/mol. The van der Waals surface area contributed by atoms with Crippen LogP contribution in [0.1, 0.15) is 17.9 Å². The molecule has 0 saturated heterocycles. The molecule has 0 aromatic heterocycles. The fourth-order valence-corrected chi connectivity index (χ4v) is 1.67. The van der Waals surface area contributed by atoms with Crippen LogP contribution in [-0.2, 0) is 0 Å². The van der Waals surface area contributed by atoms with Gasteiger partial charge in [-0.2, -0.15) is 5.26 Å².